The van der Waals surface area contributed by atoms with E-state index in [1.807, 2.05) is 11.8 Å². The Labute approximate surface area is 224 Å². The van der Waals surface area contributed by atoms with Crippen LogP contribution in [-0.2, 0) is 10.0 Å². The first-order valence-electron chi connectivity index (χ1n) is 13.7. The standard InChI is InChI=1S/C29H30FN3O4S/c1-19-6-8-24(9-7-19)38(35,36)33-11-10-20-14-26(31-15-27(20)33)28(34)18-32-16-21-12-23(13-22(21)17-32)37-29-5-3-2-4-25(29)30/h2-11,14-15,21-23,28,34H,12-13,16-18H2,1H3/t21-,22+,23-,28-/m1/s1/i12D,21D/t12-,21+,22-,23+,28+/m0. The molecule has 2 fully saturated rings. The molecule has 1 saturated heterocycles. The second-order valence-corrected chi connectivity index (χ2v) is 11.9. The Balaban J connectivity index is 1.14. The van der Waals surface area contributed by atoms with Gasteiger partial charge in [0.1, 0.15) is 6.10 Å². The van der Waals surface area contributed by atoms with Crippen LogP contribution in [0.2, 0.25) is 0 Å². The summed E-state index contributed by atoms with van der Waals surface area (Å²) in [5.74, 6) is -1.62. The van der Waals surface area contributed by atoms with Crippen molar-refractivity contribution < 1.29 is 25.4 Å². The number of β-amino-alcohol motifs (C(OH)–C–C–N with tert-alkyl or cyclic N) is 1. The molecule has 1 saturated carbocycles. The van der Waals surface area contributed by atoms with Gasteiger partial charge in [-0.25, -0.2) is 16.8 Å². The molecule has 38 heavy (non-hydrogen) atoms. The third-order valence-corrected chi connectivity index (χ3v) is 9.06. The molecular formula is C29H30FN3O4S. The number of likely N-dealkylation sites (tertiary alicyclic amines) is 1. The monoisotopic (exact) mass is 537 g/mol. The number of para-hydroxylation sites is 1. The molecule has 0 unspecified atom stereocenters. The van der Waals surface area contributed by atoms with Crippen LogP contribution in [0.5, 0.6) is 5.75 Å². The van der Waals surface area contributed by atoms with Crippen LogP contribution in [0, 0.1) is 24.6 Å². The second kappa shape index (κ2) is 9.80. The summed E-state index contributed by atoms with van der Waals surface area (Å²) >= 11 is 0. The smallest absolute Gasteiger partial charge is 0.268 e. The molecule has 3 heterocycles. The van der Waals surface area contributed by atoms with Crippen molar-refractivity contribution in [2.24, 2.45) is 11.8 Å². The number of rotatable bonds is 7. The molecule has 1 aliphatic carbocycles. The molecule has 198 valence electrons. The van der Waals surface area contributed by atoms with E-state index in [0.29, 0.717) is 29.6 Å². The highest BCUT2D eigenvalue weighted by Crippen LogP contribution is 2.40. The third kappa shape index (κ3) is 4.70. The molecule has 1 N–H and O–H groups in total. The quantitative estimate of drug-likeness (QED) is 0.373. The summed E-state index contributed by atoms with van der Waals surface area (Å²) in [6.45, 7) is 2.92. The maximum atomic E-state index is 14.1. The number of pyridine rings is 1. The molecule has 0 radical (unpaired) electrons. The summed E-state index contributed by atoms with van der Waals surface area (Å²) in [6, 6.07) is 16.1. The fourth-order valence-electron chi connectivity index (χ4n) is 5.39. The molecule has 0 amide bonds. The zero-order chi connectivity index (χ0) is 28.2. The Bertz CT molecular complexity index is 1670. The Morgan fingerprint density at radius 1 is 1.21 bits per heavy atom. The summed E-state index contributed by atoms with van der Waals surface area (Å²) in [4.78, 5) is 6.51. The van der Waals surface area contributed by atoms with Gasteiger partial charge >= 0.3 is 0 Å². The summed E-state index contributed by atoms with van der Waals surface area (Å²) in [5, 5.41) is 11.6. The van der Waals surface area contributed by atoms with Gasteiger partial charge in [0.05, 0.1) is 28.4 Å². The summed E-state index contributed by atoms with van der Waals surface area (Å²) < 4.78 is 65.1. The van der Waals surface area contributed by atoms with Gasteiger partial charge < -0.3 is 9.84 Å². The van der Waals surface area contributed by atoms with Crippen molar-refractivity contribution in [3.8, 4) is 5.75 Å². The Hall–Kier alpha value is -3.27. The number of hydrogen-bond donors (Lipinski definition) is 1. The lowest BCUT2D eigenvalue weighted by Crippen LogP contribution is -2.29. The minimum Gasteiger partial charge on any atom is -0.487 e. The van der Waals surface area contributed by atoms with Gasteiger partial charge in [-0.05, 0) is 68.0 Å². The predicted octanol–water partition coefficient (Wildman–Crippen LogP) is 4.54. The highest BCUT2D eigenvalue weighted by atomic mass is 32.2. The van der Waals surface area contributed by atoms with Crippen LogP contribution < -0.4 is 4.74 Å². The lowest BCUT2D eigenvalue weighted by molar-refractivity contribution is 0.112. The van der Waals surface area contributed by atoms with E-state index >= 15 is 0 Å². The van der Waals surface area contributed by atoms with Crippen molar-refractivity contribution in [1.29, 1.82) is 0 Å². The van der Waals surface area contributed by atoms with E-state index < -0.39 is 40.3 Å². The fourth-order valence-corrected chi connectivity index (χ4v) is 6.73. The first-order valence-corrected chi connectivity index (χ1v) is 14.0. The maximum absolute atomic E-state index is 14.1. The largest absolute Gasteiger partial charge is 0.487 e. The Morgan fingerprint density at radius 3 is 2.76 bits per heavy atom. The number of hydrogen-bond acceptors (Lipinski definition) is 6. The Morgan fingerprint density at radius 2 is 2.00 bits per heavy atom. The van der Waals surface area contributed by atoms with Crippen molar-refractivity contribution in [2.45, 2.75) is 36.8 Å². The normalized spacial score (nSPS) is 27.2. The van der Waals surface area contributed by atoms with Crippen molar-refractivity contribution in [3.05, 3.63) is 90.1 Å². The van der Waals surface area contributed by atoms with Crippen LogP contribution in [0.25, 0.3) is 10.9 Å². The number of fused-ring (bicyclic) bond motifs is 2. The van der Waals surface area contributed by atoms with E-state index in [4.69, 9.17) is 7.48 Å². The van der Waals surface area contributed by atoms with E-state index in [1.165, 1.54) is 28.5 Å². The highest BCUT2D eigenvalue weighted by Gasteiger charge is 2.42. The number of aryl methyl sites for hydroxylation is 1. The van der Waals surface area contributed by atoms with Crippen molar-refractivity contribution in [3.63, 3.8) is 0 Å². The number of ether oxygens (including phenoxy) is 1. The van der Waals surface area contributed by atoms with Gasteiger partial charge in [-0.1, -0.05) is 29.8 Å². The Kier molecular flexibility index (Phi) is 5.85. The molecular weight excluding hydrogens is 505 g/mol. The van der Waals surface area contributed by atoms with Crippen LogP contribution in [0.3, 0.4) is 0 Å². The molecule has 5 atom stereocenters. The third-order valence-electron chi connectivity index (χ3n) is 7.35. The van der Waals surface area contributed by atoms with E-state index in [2.05, 4.69) is 4.98 Å². The molecule has 7 nitrogen and oxygen atoms in total. The molecule has 0 bridgehead atoms. The molecule has 4 aromatic rings. The van der Waals surface area contributed by atoms with Gasteiger partial charge in [0.2, 0.25) is 0 Å². The molecule has 0 spiro atoms. The second-order valence-electron chi connectivity index (χ2n) is 10.1. The van der Waals surface area contributed by atoms with E-state index in [0.717, 1.165) is 5.56 Å². The first-order chi connectivity index (χ1) is 19.1. The van der Waals surface area contributed by atoms with Gasteiger partial charge in [-0.15, -0.1) is 0 Å². The van der Waals surface area contributed by atoms with E-state index in [1.54, 1.807) is 48.5 Å². The summed E-state index contributed by atoms with van der Waals surface area (Å²) in [5.41, 5.74) is 1.77. The number of aliphatic hydroxyl groups is 1. The van der Waals surface area contributed by atoms with Crippen LogP contribution in [-0.4, -0.2) is 53.1 Å². The number of nitrogens with zero attached hydrogens (tertiary/aromatic N) is 3. The van der Waals surface area contributed by atoms with Crippen LogP contribution in [0.15, 0.2) is 78.0 Å². The molecule has 6 rings (SSSR count). The molecule has 1 aliphatic heterocycles. The lowest BCUT2D eigenvalue weighted by atomic mass is 10.0. The zero-order valence-electron chi connectivity index (χ0n) is 22.9. The summed E-state index contributed by atoms with van der Waals surface area (Å²) in [6.07, 6.45) is 1.01. The van der Waals surface area contributed by atoms with Gasteiger partial charge in [0.25, 0.3) is 10.0 Å². The first kappa shape index (κ1) is 22.7. The minimum atomic E-state index is -3.80. The topological polar surface area (TPSA) is 84.7 Å². The van der Waals surface area contributed by atoms with Gasteiger partial charge in [-0.3, -0.25) is 9.88 Å². The number of halogens is 1. The minimum absolute atomic E-state index is 0.0996. The van der Waals surface area contributed by atoms with Gasteiger partial charge in [-0.2, -0.15) is 0 Å². The van der Waals surface area contributed by atoms with Crippen molar-refractivity contribution >= 4 is 20.9 Å². The maximum Gasteiger partial charge on any atom is 0.268 e. The molecule has 9 heteroatoms. The van der Waals surface area contributed by atoms with Crippen molar-refractivity contribution in [2.75, 3.05) is 19.6 Å². The van der Waals surface area contributed by atoms with Crippen molar-refractivity contribution in [1.82, 2.24) is 13.9 Å². The van der Waals surface area contributed by atoms with E-state index in [-0.39, 0.29) is 29.7 Å². The van der Waals surface area contributed by atoms with Gasteiger partial charge in [0, 0.05) is 34.0 Å². The zero-order valence-corrected chi connectivity index (χ0v) is 21.7. The number of aromatic nitrogens is 2. The summed E-state index contributed by atoms with van der Waals surface area (Å²) in [7, 11) is -3.80. The number of benzene rings is 2. The molecule has 2 aromatic heterocycles. The average molecular weight is 538 g/mol. The molecule has 2 aromatic carbocycles. The van der Waals surface area contributed by atoms with E-state index in [9.17, 15) is 17.9 Å². The predicted molar refractivity (Wildman–Crippen MR) is 142 cm³/mol. The number of aliphatic hydroxyl groups excluding tert-OH is 1. The average Bonchev–Trinajstić information content (AvgIpc) is 3.56. The van der Waals surface area contributed by atoms with Crippen LogP contribution in [0.1, 0.15) is 32.9 Å². The van der Waals surface area contributed by atoms with Crippen LogP contribution in [0.4, 0.5) is 4.39 Å². The lowest BCUT2D eigenvalue weighted by Gasteiger charge is -2.22. The molecule has 2 aliphatic rings. The van der Waals surface area contributed by atoms with Crippen LogP contribution >= 0.6 is 0 Å². The SMILES string of the molecule is [2H][C@@H]1[C@@H](Oc2ccccc2F)C[C@H]2CN(C[C@@H](O)c3cc4ccn(S(=O)(=O)c5ccc(C)cc5)c4cn3)C[C@]21[2H]. The van der Waals surface area contributed by atoms with Gasteiger partial charge in [0.15, 0.2) is 11.6 Å². The highest BCUT2D eigenvalue weighted by molar-refractivity contribution is 7.90. The fraction of sp³-hybridized carbons (Fsp3) is 0.345.